The van der Waals surface area contributed by atoms with E-state index in [0.29, 0.717) is 24.4 Å². The average Bonchev–Trinajstić information content (AvgIpc) is 2.33. The Morgan fingerprint density at radius 1 is 1.37 bits per heavy atom. The van der Waals surface area contributed by atoms with Crippen LogP contribution in [0.15, 0.2) is 18.2 Å². The first-order chi connectivity index (χ1) is 8.88. The molecule has 0 aliphatic heterocycles. The van der Waals surface area contributed by atoms with Gasteiger partial charge in [0.2, 0.25) is 0 Å². The molecule has 2 atom stereocenters. The molecule has 1 saturated carbocycles. The van der Waals surface area contributed by atoms with Gasteiger partial charge in [-0.25, -0.2) is 12.8 Å². The van der Waals surface area contributed by atoms with Crippen LogP contribution in [-0.4, -0.2) is 13.7 Å². The fourth-order valence-electron chi connectivity index (χ4n) is 2.72. The minimum Gasteiger partial charge on any atom is -0.399 e. The molecule has 0 spiro atoms. The van der Waals surface area contributed by atoms with Crippen molar-refractivity contribution in [1.29, 1.82) is 0 Å². The van der Waals surface area contributed by atoms with Crippen molar-refractivity contribution in [3.8, 4) is 0 Å². The molecule has 0 saturated heterocycles. The third-order valence-electron chi connectivity index (χ3n) is 3.83. The third-order valence-corrected chi connectivity index (χ3v) is 5.99. The van der Waals surface area contributed by atoms with Crippen molar-refractivity contribution in [2.75, 3.05) is 5.73 Å². The minimum absolute atomic E-state index is 0.215. The summed E-state index contributed by atoms with van der Waals surface area (Å²) in [5.74, 6) is -0.325. The van der Waals surface area contributed by atoms with Crippen LogP contribution in [0.4, 0.5) is 10.1 Å². The lowest BCUT2D eigenvalue weighted by Gasteiger charge is -2.26. The van der Waals surface area contributed by atoms with Crippen molar-refractivity contribution in [3.05, 3.63) is 29.6 Å². The highest BCUT2D eigenvalue weighted by Gasteiger charge is 2.30. The number of hydrogen-bond acceptors (Lipinski definition) is 3. The first-order valence-corrected chi connectivity index (χ1v) is 8.35. The molecule has 5 heteroatoms. The van der Waals surface area contributed by atoms with Gasteiger partial charge in [0.15, 0.2) is 9.84 Å². The molecule has 1 fully saturated rings. The normalized spacial score (nSPS) is 24.3. The van der Waals surface area contributed by atoms with Gasteiger partial charge < -0.3 is 5.73 Å². The van der Waals surface area contributed by atoms with Crippen LogP contribution < -0.4 is 5.73 Å². The zero-order chi connectivity index (χ0) is 14.0. The van der Waals surface area contributed by atoms with Gasteiger partial charge in [0, 0.05) is 11.3 Å². The number of hydrogen-bond donors (Lipinski definition) is 1. The van der Waals surface area contributed by atoms with E-state index >= 15 is 0 Å². The standard InChI is InChI=1S/C14H20FNO2S/c1-10-3-2-4-13(7-10)19(17,18)9-11-5-6-12(16)8-14(11)15/h5-6,8,10,13H,2-4,7,9,16H2,1H3. The van der Waals surface area contributed by atoms with Crippen LogP contribution >= 0.6 is 0 Å². The number of anilines is 1. The van der Waals surface area contributed by atoms with Crippen molar-refractivity contribution in [2.24, 2.45) is 5.92 Å². The van der Waals surface area contributed by atoms with Crippen LogP contribution in [0, 0.1) is 11.7 Å². The lowest BCUT2D eigenvalue weighted by molar-refractivity contribution is 0.381. The molecule has 3 nitrogen and oxygen atoms in total. The SMILES string of the molecule is CC1CCCC(S(=O)(=O)Cc2ccc(N)cc2F)C1. The van der Waals surface area contributed by atoms with Crippen LogP contribution in [0.25, 0.3) is 0 Å². The van der Waals surface area contributed by atoms with Gasteiger partial charge in [-0.2, -0.15) is 0 Å². The van der Waals surface area contributed by atoms with Crippen LogP contribution in [0.1, 0.15) is 38.2 Å². The van der Waals surface area contributed by atoms with Crippen LogP contribution in [0.3, 0.4) is 0 Å². The minimum atomic E-state index is -3.29. The Morgan fingerprint density at radius 3 is 2.74 bits per heavy atom. The van der Waals surface area contributed by atoms with Crippen molar-refractivity contribution in [3.63, 3.8) is 0 Å². The van der Waals surface area contributed by atoms with E-state index in [4.69, 9.17) is 5.73 Å². The molecule has 0 amide bonds. The number of nitrogens with two attached hydrogens (primary N) is 1. The predicted molar refractivity (Wildman–Crippen MR) is 74.9 cm³/mol. The summed E-state index contributed by atoms with van der Waals surface area (Å²) in [5.41, 5.74) is 5.99. The summed E-state index contributed by atoms with van der Waals surface area (Å²) in [6, 6.07) is 4.18. The Hall–Kier alpha value is -1.10. The van der Waals surface area contributed by atoms with Crippen LogP contribution in [-0.2, 0) is 15.6 Å². The lowest BCUT2D eigenvalue weighted by atomic mass is 9.91. The third kappa shape index (κ3) is 3.47. The van der Waals surface area contributed by atoms with Gasteiger partial charge in [0.1, 0.15) is 5.82 Å². The van der Waals surface area contributed by atoms with Crippen molar-refractivity contribution in [2.45, 2.75) is 43.6 Å². The molecular formula is C14H20FNO2S. The predicted octanol–water partition coefficient (Wildman–Crippen LogP) is 2.90. The second-order valence-corrected chi connectivity index (χ2v) is 7.83. The molecule has 2 unspecified atom stereocenters. The topological polar surface area (TPSA) is 60.2 Å². The van der Waals surface area contributed by atoms with Crippen molar-refractivity contribution >= 4 is 15.5 Å². The summed E-state index contributed by atoms with van der Waals surface area (Å²) in [6.45, 7) is 2.07. The monoisotopic (exact) mass is 285 g/mol. The lowest BCUT2D eigenvalue weighted by Crippen LogP contribution is -2.28. The van der Waals surface area contributed by atoms with E-state index in [1.165, 1.54) is 18.2 Å². The fourth-order valence-corrected chi connectivity index (χ4v) is 4.77. The van der Waals surface area contributed by atoms with Gasteiger partial charge in [0.25, 0.3) is 0 Å². The zero-order valence-electron chi connectivity index (χ0n) is 11.1. The number of rotatable bonds is 3. The van der Waals surface area contributed by atoms with Crippen LogP contribution in [0.5, 0.6) is 0 Å². The molecule has 2 N–H and O–H groups in total. The number of benzene rings is 1. The Balaban J connectivity index is 2.16. The van der Waals surface area contributed by atoms with Crippen molar-refractivity contribution in [1.82, 2.24) is 0 Å². The van der Waals surface area contributed by atoms with E-state index < -0.39 is 15.7 Å². The maximum atomic E-state index is 13.7. The maximum absolute atomic E-state index is 13.7. The molecule has 0 bridgehead atoms. The fraction of sp³-hybridized carbons (Fsp3) is 0.571. The van der Waals surface area contributed by atoms with Gasteiger partial charge >= 0.3 is 0 Å². The molecule has 1 aromatic carbocycles. The second kappa shape index (κ2) is 5.49. The van der Waals surface area contributed by atoms with E-state index in [1.54, 1.807) is 0 Å². The molecule has 0 heterocycles. The first-order valence-electron chi connectivity index (χ1n) is 6.64. The highest BCUT2D eigenvalue weighted by atomic mass is 32.2. The maximum Gasteiger partial charge on any atom is 0.157 e. The molecule has 0 aromatic heterocycles. The van der Waals surface area contributed by atoms with Gasteiger partial charge in [-0.05, 0) is 30.9 Å². The first kappa shape index (κ1) is 14.3. The van der Waals surface area contributed by atoms with Gasteiger partial charge in [-0.3, -0.25) is 0 Å². The molecule has 106 valence electrons. The molecule has 1 aliphatic carbocycles. The average molecular weight is 285 g/mol. The molecule has 2 rings (SSSR count). The Kier molecular flexibility index (Phi) is 4.13. The van der Waals surface area contributed by atoms with E-state index in [0.717, 1.165) is 12.8 Å². The van der Waals surface area contributed by atoms with E-state index in [1.807, 2.05) is 0 Å². The summed E-state index contributed by atoms with van der Waals surface area (Å²) in [6.07, 6.45) is 3.42. The summed E-state index contributed by atoms with van der Waals surface area (Å²) < 4.78 is 38.4. The summed E-state index contributed by atoms with van der Waals surface area (Å²) in [4.78, 5) is 0. The smallest absolute Gasteiger partial charge is 0.157 e. The Morgan fingerprint density at radius 2 is 2.11 bits per heavy atom. The van der Waals surface area contributed by atoms with Gasteiger partial charge in [-0.1, -0.05) is 25.8 Å². The molecular weight excluding hydrogens is 265 g/mol. The number of halogens is 1. The van der Waals surface area contributed by atoms with E-state index in [9.17, 15) is 12.8 Å². The van der Waals surface area contributed by atoms with Gasteiger partial charge in [-0.15, -0.1) is 0 Å². The highest BCUT2D eigenvalue weighted by Crippen LogP contribution is 2.30. The number of sulfone groups is 1. The summed E-state index contributed by atoms with van der Waals surface area (Å²) >= 11 is 0. The highest BCUT2D eigenvalue weighted by molar-refractivity contribution is 7.91. The zero-order valence-corrected chi connectivity index (χ0v) is 11.9. The Bertz CT molecular complexity index is 557. The van der Waals surface area contributed by atoms with Gasteiger partial charge in [0.05, 0.1) is 11.0 Å². The molecule has 1 aliphatic rings. The molecule has 1 aromatic rings. The second-order valence-electron chi connectivity index (χ2n) is 5.55. The van der Waals surface area contributed by atoms with E-state index in [-0.39, 0.29) is 16.6 Å². The van der Waals surface area contributed by atoms with Crippen LogP contribution in [0.2, 0.25) is 0 Å². The Labute approximate surface area is 113 Å². The van der Waals surface area contributed by atoms with Crippen molar-refractivity contribution < 1.29 is 12.8 Å². The largest absolute Gasteiger partial charge is 0.399 e. The van der Waals surface area contributed by atoms with E-state index in [2.05, 4.69) is 6.92 Å². The summed E-state index contributed by atoms with van der Waals surface area (Å²) in [5, 5.41) is -0.326. The molecule has 0 radical (unpaired) electrons. The quantitative estimate of drug-likeness (QED) is 0.869. The summed E-state index contributed by atoms with van der Waals surface area (Å²) in [7, 11) is -3.29. The number of nitrogen functional groups attached to an aromatic ring is 1. The molecule has 19 heavy (non-hydrogen) atoms.